The van der Waals surface area contributed by atoms with Crippen molar-refractivity contribution < 1.29 is 4.79 Å². The number of hydrogen-bond donors (Lipinski definition) is 2. The molecule has 2 N–H and O–H groups in total. The summed E-state index contributed by atoms with van der Waals surface area (Å²) in [5.41, 5.74) is 0.289. The Kier molecular flexibility index (Phi) is 2.43. The molecule has 2 aromatic rings. The number of amides is 1. The molecule has 0 aliphatic heterocycles. The van der Waals surface area contributed by atoms with Gasteiger partial charge in [0.15, 0.2) is 0 Å². The number of benzene rings is 1. The third kappa shape index (κ3) is 1.59. The second-order valence-corrected chi connectivity index (χ2v) is 3.34. The van der Waals surface area contributed by atoms with Crippen molar-refractivity contribution in [1.29, 1.82) is 0 Å². The predicted molar refractivity (Wildman–Crippen MR) is 59.3 cm³/mol. The van der Waals surface area contributed by atoms with Gasteiger partial charge in [-0.25, -0.2) is 0 Å². The van der Waals surface area contributed by atoms with Gasteiger partial charge >= 0.3 is 0 Å². The molecule has 0 saturated heterocycles. The molecule has 0 aliphatic carbocycles. The number of pyridine rings is 1. The minimum atomic E-state index is -0.202. The topological polar surface area (TPSA) is 62.0 Å². The van der Waals surface area contributed by atoms with Crippen molar-refractivity contribution in [3.8, 4) is 0 Å². The van der Waals surface area contributed by atoms with Crippen LogP contribution in [0.2, 0.25) is 5.02 Å². The molecule has 0 bridgehead atoms. The van der Waals surface area contributed by atoms with Gasteiger partial charge in [-0.15, -0.1) is 0 Å². The molecule has 0 spiro atoms. The van der Waals surface area contributed by atoms with Crippen LogP contribution in [-0.2, 0) is 4.79 Å². The molecule has 15 heavy (non-hydrogen) atoms. The van der Waals surface area contributed by atoms with Crippen LogP contribution in [0.3, 0.4) is 0 Å². The van der Waals surface area contributed by atoms with Crippen molar-refractivity contribution in [2.75, 3.05) is 5.32 Å². The van der Waals surface area contributed by atoms with Gasteiger partial charge in [-0.3, -0.25) is 9.59 Å². The molecule has 0 atom stereocenters. The molecule has 4 nitrogen and oxygen atoms in total. The normalized spacial score (nSPS) is 10.2. The first-order valence-electron chi connectivity index (χ1n) is 4.24. The highest BCUT2D eigenvalue weighted by Gasteiger charge is 2.06. The zero-order chi connectivity index (χ0) is 10.8. The van der Waals surface area contributed by atoms with E-state index in [-0.39, 0.29) is 5.56 Å². The van der Waals surface area contributed by atoms with Crippen molar-refractivity contribution in [3.63, 3.8) is 0 Å². The summed E-state index contributed by atoms with van der Waals surface area (Å²) in [5.74, 6) is 0. The number of aromatic amines is 1. The summed E-state index contributed by atoms with van der Waals surface area (Å²) in [5, 5.41) is 3.95. The predicted octanol–water partition coefficient (Wildman–Crippen LogP) is 1.75. The highest BCUT2D eigenvalue weighted by Crippen LogP contribution is 2.28. The second-order valence-electron chi connectivity index (χ2n) is 2.96. The van der Waals surface area contributed by atoms with Gasteiger partial charge in [0.05, 0.1) is 10.7 Å². The van der Waals surface area contributed by atoms with Gasteiger partial charge in [0.1, 0.15) is 0 Å². The fraction of sp³-hybridized carbons (Fsp3) is 0. The van der Waals surface area contributed by atoms with Gasteiger partial charge in [0.2, 0.25) is 6.41 Å². The first-order valence-corrected chi connectivity index (χ1v) is 4.62. The smallest absolute Gasteiger partial charge is 0.255 e. The largest absolute Gasteiger partial charge is 0.329 e. The first-order chi connectivity index (χ1) is 7.24. The van der Waals surface area contributed by atoms with Crippen LogP contribution >= 0.6 is 11.6 Å². The molecule has 0 fully saturated rings. The maximum atomic E-state index is 11.4. The van der Waals surface area contributed by atoms with Gasteiger partial charge in [0, 0.05) is 17.0 Å². The molecule has 1 aromatic heterocycles. The fourth-order valence-electron chi connectivity index (χ4n) is 1.41. The van der Waals surface area contributed by atoms with Gasteiger partial charge in [-0.05, 0) is 18.2 Å². The molecular formula is C10H7ClN2O2. The fourth-order valence-corrected chi connectivity index (χ4v) is 1.69. The summed E-state index contributed by atoms with van der Waals surface area (Å²) < 4.78 is 0. The van der Waals surface area contributed by atoms with Gasteiger partial charge < -0.3 is 10.3 Å². The summed E-state index contributed by atoms with van der Waals surface area (Å²) >= 11 is 6.02. The Morgan fingerprint density at radius 1 is 1.27 bits per heavy atom. The molecule has 5 heteroatoms. The number of fused-ring (bicyclic) bond motifs is 1. The number of aromatic nitrogens is 1. The highest BCUT2D eigenvalue weighted by molar-refractivity contribution is 6.38. The second kappa shape index (κ2) is 3.74. The molecule has 0 saturated carbocycles. The number of anilines is 1. The Balaban J connectivity index is 2.79. The molecule has 0 aliphatic rings. The Bertz CT molecular complexity index is 577. The van der Waals surface area contributed by atoms with E-state index in [4.69, 9.17) is 11.6 Å². The van der Waals surface area contributed by atoms with Crippen LogP contribution in [0.1, 0.15) is 0 Å². The van der Waals surface area contributed by atoms with E-state index in [2.05, 4.69) is 10.3 Å². The van der Waals surface area contributed by atoms with Crippen LogP contribution in [0.25, 0.3) is 10.8 Å². The number of hydrogen-bond acceptors (Lipinski definition) is 2. The third-order valence-electron chi connectivity index (χ3n) is 2.10. The maximum absolute atomic E-state index is 11.4. The van der Waals surface area contributed by atoms with E-state index in [0.29, 0.717) is 27.9 Å². The minimum absolute atomic E-state index is 0.202. The van der Waals surface area contributed by atoms with Gasteiger partial charge in [-0.1, -0.05) is 11.6 Å². The molecule has 1 heterocycles. The summed E-state index contributed by atoms with van der Waals surface area (Å²) in [6, 6.07) is 4.90. The lowest BCUT2D eigenvalue weighted by Crippen LogP contribution is -2.05. The van der Waals surface area contributed by atoms with E-state index < -0.39 is 0 Å². The molecule has 1 aromatic carbocycles. The average molecular weight is 223 g/mol. The van der Waals surface area contributed by atoms with Crippen molar-refractivity contribution in [2.24, 2.45) is 0 Å². The number of carbonyl (C=O) groups is 1. The maximum Gasteiger partial charge on any atom is 0.255 e. The number of nitrogens with one attached hydrogen (secondary N) is 2. The molecule has 76 valence electrons. The summed E-state index contributed by atoms with van der Waals surface area (Å²) in [4.78, 5) is 24.2. The number of halogens is 1. The van der Waals surface area contributed by atoms with Gasteiger partial charge in [0.25, 0.3) is 5.56 Å². The zero-order valence-electron chi connectivity index (χ0n) is 7.58. The Morgan fingerprint density at radius 2 is 2.07 bits per heavy atom. The SMILES string of the molecule is O=CNc1ccc2c(=O)[nH]ccc2c1Cl. The summed E-state index contributed by atoms with van der Waals surface area (Å²) in [7, 11) is 0. The Morgan fingerprint density at radius 3 is 2.80 bits per heavy atom. The lowest BCUT2D eigenvalue weighted by molar-refractivity contribution is -0.105. The van der Waals surface area contributed by atoms with Crippen LogP contribution < -0.4 is 10.9 Å². The van der Waals surface area contributed by atoms with E-state index in [1.54, 1.807) is 18.2 Å². The molecule has 0 radical (unpaired) electrons. The van der Waals surface area contributed by atoms with E-state index in [1.165, 1.54) is 6.20 Å². The minimum Gasteiger partial charge on any atom is -0.329 e. The Labute approximate surface area is 89.9 Å². The van der Waals surface area contributed by atoms with Crippen molar-refractivity contribution in [3.05, 3.63) is 39.8 Å². The van der Waals surface area contributed by atoms with Crippen LogP contribution in [0.5, 0.6) is 0 Å². The molecule has 2 rings (SSSR count). The lowest BCUT2D eigenvalue weighted by atomic mass is 10.1. The third-order valence-corrected chi connectivity index (χ3v) is 2.51. The highest BCUT2D eigenvalue weighted by atomic mass is 35.5. The molecule has 1 amide bonds. The molecule has 0 unspecified atom stereocenters. The summed E-state index contributed by atoms with van der Waals surface area (Å²) in [6.45, 7) is 0. The van der Waals surface area contributed by atoms with Crippen LogP contribution in [0, 0.1) is 0 Å². The Hall–Kier alpha value is -1.81. The average Bonchev–Trinajstić information content (AvgIpc) is 2.23. The van der Waals surface area contributed by atoms with Crippen LogP contribution in [-0.4, -0.2) is 11.4 Å². The quantitative estimate of drug-likeness (QED) is 0.761. The van der Waals surface area contributed by atoms with E-state index >= 15 is 0 Å². The number of H-pyrrole nitrogens is 1. The van der Waals surface area contributed by atoms with E-state index in [1.807, 2.05) is 0 Å². The van der Waals surface area contributed by atoms with Crippen LogP contribution in [0.15, 0.2) is 29.2 Å². The monoisotopic (exact) mass is 222 g/mol. The first kappa shape index (κ1) is 9.73. The van der Waals surface area contributed by atoms with E-state index in [0.717, 1.165) is 0 Å². The lowest BCUT2D eigenvalue weighted by Gasteiger charge is -2.04. The van der Waals surface area contributed by atoms with Gasteiger partial charge in [-0.2, -0.15) is 0 Å². The van der Waals surface area contributed by atoms with Crippen LogP contribution in [0.4, 0.5) is 5.69 Å². The number of carbonyl (C=O) groups excluding carboxylic acids is 1. The standard InChI is InChI=1S/C10H7ClN2O2/c11-9-6-3-4-12-10(15)7(6)1-2-8(9)13-5-14/h1-5H,(H,12,15)(H,13,14). The molecular weight excluding hydrogens is 216 g/mol. The van der Waals surface area contributed by atoms with Crippen molar-refractivity contribution in [2.45, 2.75) is 0 Å². The number of rotatable bonds is 2. The van der Waals surface area contributed by atoms with E-state index in [9.17, 15) is 9.59 Å². The summed E-state index contributed by atoms with van der Waals surface area (Å²) in [6.07, 6.45) is 2.06. The van der Waals surface area contributed by atoms with Crippen molar-refractivity contribution >= 4 is 34.5 Å². The zero-order valence-corrected chi connectivity index (χ0v) is 8.34. The van der Waals surface area contributed by atoms with Crippen molar-refractivity contribution in [1.82, 2.24) is 4.98 Å².